The number of nitrogens with zero attached hydrogens (tertiary/aromatic N) is 4. The van der Waals surface area contributed by atoms with Crippen molar-refractivity contribution in [1.82, 2.24) is 24.8 Å². The number of aromatic nitrogens is 3. The van der Waals surface area contributed by atoms with E-state index in [1.54, 1.807) is 30.3 Å². The molecule has 2 amide bonds. The predicted octanol–water partition coefficient (Wildman–Crippen LogP) is 4.30. The van der Waals surface area contributed by atoms with Crippen molar-refractivity contribution < 1.29 is 14.0 Å². The second-order valence-corrected chi connectivity index (χ2v) is 8.92. The number of carbonyl (C=O) groups excluding carboxylic acids is 2. The summed E-state index contributed by atoms with van der Waals surface area (Å²) >= 11 is 0. The van der Waals surface area contributed by atoms with Crippen LogP contribution in [0.3, 0.4) is 0 Å². The van der Waals surface area contributed by atoms with E-state index in [0.29, 0.717) is 42.8 Å². The van der Waals surface area contributed by atoms with Crippen molar-refractivity contribution in [2.45, 2.75) is 58.2 Å². The van der Waals surface area contributed by atoms with E-state index in [-0.39, 0.29) is 17.9 Å². The molecule has 174 valence electrons. The van der Waals surface area contributed by atoms with Crippen molar-refractivity contribution in [2.24, 2.45) is 0 Å². The van der Waals surface area contributed by atoms with Crippen molar-refractivity contribution in [3.05, 3.63) is 54.1 Å². The average molecular weight is 452 g/mol. The van der Waals surface area contributed by atoms with E-state index in [0.717, 1.165) is 23.9 Å². The first-order valence-electron chi connectivity index (χ1n) is 11.5. The van der Waals surface area contributed by atoms with Crippen LogP contribution in [0.4, 0.5) is 4.39 Å². The van der Waals surface area contributed by atoms with Crippen LogP contribution in [0, 0.1) is 0 Å². The second kappa shape index (κ2) is 9.29. The lowest BCUT2D eigenvalue weighted by molar-refractivity contribution is 0.0503. The van der Waals surface area contributed by atoms with Gasteiger partial charge in [-0.2, -0.15) is 0 Å². The lowest BCUT2D eigenvalue weighted by Crippen LogP contribution is -2.43. The third-order valence-corrected chi connectivity index (χ3v) is 6.45. The molecule has 3 aromatic rings. The molecular weight excluding hydrogens is 421 g/mol. The highest BCUT2D eigenvalue weighted by molar-refractivity contribution is 5.97. The summed E-state index contributed by atoms with van der Waals surface area (Å²) in [6.07, 6.45) is 7.52. The molecular formula is C25H30FN5O2. The zero-order valence-corrected chi connectivity index (χ0v) is 19.3. The smallest absolute Gasteiger partial charge is 0.270 e. The van der Waals surface area contributed by atoms with Crippen LogP contribution in [0.25, 0.3) is 16.7 Å². The van der Waals surface area contributed by atoms with Gasteiger partial charge in [0.05, 0.1) is 17.4 Å². The molecule has 1 aliphatic rings. The summed E-state index contributed by atoms with van der Waals surface area (Å²) in [5, 5.41) is 3.81. The molecule has 4 rings (SSSR count). The van der Waals surface area contributed by atoms with E-state index in [9.17, 15) is 14.0 Å². The number of hydrogen-bond donors (Lipinski definition) is 1. The third kappa shape index (κ3) is 4.89. The minimum absolute atomic E-state index is 0.123. The van der Waals surface area contributed by atoms with Gasteiger partial charge < -0.3 is 10.2 Å². The number of rotatable bonds is 6. The molecule has 1 aliphatic heterocycles. The van der Waals surface area contributed by atoms with Crippen LogP contribution in [0.5, 0.6) is 0 Å². The maximum absolute atomic E-state index is 14.1. The summed E-state index contributed by atoms with van der Waals surface area (Å²) in [5.74, 6) is -0.304. The van der Waals surface area contributed by atoms with Crippen LogP contribution < -0.4 is 5.32 Å². The summed E-state index contributed by atoms with van der Waals surface area (Å²) in [6.45, 7) is 6.49. The van der Waals surface area contributed by atoms with Gasteiger partial charge in [-0.1, -0.05) is 13.8 Å². The highest BCUT2D eigenvalue weighted by Crippen LogP contribution is 2.27. The van der Waals surface area contributed by atoms with Crippen LogP contribution in [0.1, 0.15) is 67.3 Å². The van der Waals surface area contributed by atoms with Gasteiger partial charge >= 0.3 is 0 Å². The van der Waals surface area contributed by atoms with Gasteiger partial charge in [-0.3, -0.25) is 14.2 Å². The Balaban J connectivity index is 1.51. The van der Waals surface area contributed by atoms with E-state index >= 15 is 0 Å². The highest BCUT2D eigenvalue weighted by Gasteiger charge is 2.32. The number of nitrogens with one attached hydrogen (secondary N) is 1. The maximum Gasteiger partial charge on any atom is 0.270 e. The summed E-state index contributed by atoms with van der Waals surface area (Å²) in [6, 6.07) is 7.37. The molecule has 1 fully saturated rings. The Bertz CT molecular complexity index is 1140. The van der Waals surface area contributed by atoms with Gasteiger partial charge in [-0.25, -0.2) is 14.4 Å². The predicted molar refractivity (Wildman–Crippen MR) is 125 cm³/mol. The number of likely N-dealkylation sites (tertiary alicyclic amines) is 1. The number of hydrogen-bond acceptors (Lipinski definition) is 4. The molecule has 33 heavy (non-hydrogen) atoms. The summed E-state index contributed by atoms with van der Waals surface area (Å²) in [7, 11) is 0. The molecule has 1 saturated heterocycles. The number of fused-ring (bicyclic) bond motifs is 1. The molecule has 0 aliphatic carbocycles. The molecule has 0 saturated carbocycles. The standard InChI is InChI=1S/C25H30FN5O2/c1-4-19(5-2)29-23(32)21-7-6-20(16-27-21)31-11-8-17-14-18(15-28-22(17)31)24(33)30-12-9-25(3,26)10-13-30/h6-8,11,14-16,19H,4-5,9-10,12-13H2,1-3H3,(H,29,32). The third-order valence-electron chi connectivity index (χ3n) is 6.45. The van der Waals surface area contributed by atoms with Crippen LogP contribution in [0.15, 0.2) is 42.9 Å². The summed E-state index contributed by atoms with van der Waals surface area (Å²) in [5.41, 5.74) is 1.13. The molecule has 0 aromatic carbocycles. The van der Waals surface area contributed by atoms with Crippen LogP contribution in [0.2, 0.25) is 0 Å². The molecule has 8 heteroatoms. The van der Waals surface area contributed by atoms with Crippen LogP contribution in [-0.2, 0) is 0 Å². The Morgan fingerprint density at radius 1 is 1.12 bits per heavy atom. The molecule has 7 nitrogen and oxygen atoms in total. The molecule has 1 N–H and O–H groups in total. The van der Waals surface area contributed by atoms with Gasteiger partial charge in [-0.15, -0.1) is 0 Å². The number of carbonyl (C=O) groups is 2. The number of pyridine rings is 2. The van der Waals surface area contributed by atoms with Crippen molar-refractivity contribution in [3.8, 4) is 5.69 Å². The molecule has 0 atom stereocenters. The molecule has 3 aromatic heterocycles. The topological polar surface area (TPSA) is 80.1 Å². The SMILES string of the molecule is CCC(CC)NC(=O)c1ccc(-n2ccc3cc(C(=O)N4CCC(C)(F)CC4)cnc32)cn1. The van der Waals surface area contributed by atoms with Crippen molar-refractivity contribution in [1.29, 1.82) is 0 Å². The van der Waals surface area contributed by atoms with Crippen molar-refractivity contribution in [3.63, 3.8) is 0 Å². The second-order valence-electron chi connectivity index (χ2n) is 8.92. The average Bonchev–Trinajstić information content (AvgIpc) is 3.25. The first-order valence-corrected chi connectivity index (χ1v) is 11.5. The molecule has 0 bridgehead atoms. The van der Waals surface area contributed by atoms with Gasteiger partial charge in [0.1, 0.15) is 17.0 Å². The van der Waals surface area contributed by atoms with Gasteiger partial charge in [0, 0.05) is 36.9 Å². The number of alkyl halides is 1. The monoisotopic (exact) mass is 451 g/mol. The van der Waals surface area contributed by atoms with E-state index in [1.165, 1.54) is 0 Å². The zero-order valence-electron chi connectivity index (χ0n) is 19.3. The number of piperidine rings is 1. The molecule has 0 spiro atoms. The fourth-order valence-electron chi connectivity index (χ4n) is 4.12. The Hall–Kier alpha value is -3.29. The van der Waals surface area contributed by atoms with Crippen LogP contribution in [-0.4, -0.2) is 56.0 Å². The quantitative estimate of drug-likeness (QED) is 0.606. The van der Waals surface area contributed by atoms with E-state index in [2.05, 4.69) is 15.3 Å². The lowest BCUT2D eigenvalue weighted by Gasteiger charge is -2.34. The largest absolute Gasteiger partial charge is 0.348 e. The fourth-order valence-corrected chi connectivity index (χ4v) is 4.12. The van der Waals surface area contributed by atoms with Crippen molar-refractivity contribution in [2.75, 3.05) is 13.1 Å². The summed E-state index contributed by atoms with van der Waals surface area (Å²) in [4.78, 5) is 35.8. The Labute approximate surface area is 193 Å². The normalized spacial score (nSPS) is 15.7. The summed E-state index contributed by atoms with van der Waals surface area (Å²) < 4.78 is 15.9. The minimum Gasteiger partial charge on any atom is -0.348 e. The van der Waals surface area contributed by atoms with E-state index in [1.807, 2.05) is 42.8 Å². The highest BCUT2D eigenvalue weighted by atomic mass is 19.1. The fraction of sp³-hybridized carbons (Fsp3) is 0.440. The lowest BCUT2D eigenvalue weighted by atomic mass is 9.95. The first kappa shape index (κ1) is 22.9. The van der Waals surface area contributed by atoms with Gasteiger partial charge in [0.2, 0.25) is 0 Å². The minimum atomic E-state index is -1.20. The molecule has 0 unspecified atom stereocenters. The van der Waals surface area contributed by atoms with E-state index < -0.39 is 5.67 Å². The van der Waals surface area contributed by atoms with E-state index in [4.69, 9.17) is 0 Å². The number of amides is 2. The van der Waals surface area contributed by atoms with Crippen LogP contribution >= 0.6 is 0 Å². The number of halogens is 1. The van der Waals surface area contributed by atoms with Gasteiger partial charge in [0.15, 0.2) is 0 Å². The van der Waals surface area contributed by atoms with Gasteiger partial charge in [0.25, 0.3) is 11.8 Å². The van der Waals surface area contributed by atoms with Crippen molar-refractivity contribution >= 4 is 22.8 Å². The first-order chi connectivity index (χ1) is 15.8. The Morgan fingerprint density at radius 3 is 2.48 bits per heavy atom. The molecule has 4 heterocycles. The zero-order chi connectivity index (χ0) is 23.6. The Morgan fingerprint density at radius 2 is 1.85 bits per heavy atom. The maximum atomic E-state index is 14.1. The van der Waals surface area contributed by atoms with Gasteiger partial charge in [-0.05, 0) is 56.9 Å². The molecule has 0 radical (unpaired) electrons. The Kier molecular flexibility index (Phi) is 6.44.